The number of hydrogen-bond donors (Lipinski definition) is 5. The third-order valence-corrected chi connectivity index (χ3v) is 5.86. The summed E-state index contributed by atoms with van der Waals surface area (Å²) < 4.78 is 5.22. The quantitative estimate of drug-likeness (QED) is 0.263. The molecule has 0 fully saturated rings. The van der Waals surface area contributed by atoms with Crippen molar-refractivity contribution in [1.29, 1.82) is 0 Å². The number of benzene rings is 2. The first-order valence-electron chi connectivity index (χ1n) is 11.9. The number of hydrogen-bond acceptors (Lipinski definition) is 7. The molecule has 5 N–H and O–H groups in total. The van der Waals surface area contributed by atoms with Gasteiger partial charge in [0.25, 0.3) is 0 Å². The summed E-state index contributed by atoms with van der Waals surface area (Å²) in [6.07, 6.45) is 0.0725. The van der Waals surface area contributed by atoms with E-state index in [1.165, 1.54) is 12.1 Å². The zero-order valence-corrected chi connectivity index (χ0v) is 21.0. The van der Waals surface area contributed by atoms with E-state index in [1.54, 1.807) is 7.11 Å². The van der Waals surface area contributed by atoms with E-state index in [-0.39, 0.29) is 35.9 Å². The molecule has 0 bridgehead atoms. The average molecular weight is 494 g/mol. The Hall–Kier alpha value is -3.46. The molecule has 1 unspecified atom stereocenters. The van der Waals surface area contributed by atoms with Crippen LogP contribution in [-0.2, 0) is 30.8 Å². The maximum atomic E-state index is 12.5. The lowest BCUT2D eigenvalue weighted by Gasteiger charge is -2.28. The molecule has 1 amide bonds. The highest BCUT2D eigenvalue weighted by Gasteiger charge is 2.21. The molecule has 1 atom stereocenters. The number of nitrogens with zero attached hydrogens (tertiary/aromatic N) is 1. The van der Waals surface area contributed by atoms with Gasteiger partial charge in [-0.15, -0.1) is 0 Å². The van der Waals surface area contributed by atoms with E-state index in [1.807, 2.05) is 62.4 Å². The summed E-state index contributed by atoms with van der Waals surface area (Å²) >= 11 is 0. The molecule has 1 heterocycles. The fourth-order valence-electron chi connectivity index (χ4n) is 3.94. The molecule has 3 rings (SSSR count). The number of aromatic hydroxyl groups is 1. The first-order chi connectivity index (χ1) is 17.2. The lowest BCUT2D eigenvalue weighted by molar-refractivity contribution is -0.120. The molecule has 8 heteroatoms. The van der Waals surface area contributed by atoms with E-state index in [0.717, 1.165) is 22.4 Å². The maximum absolute atomic E-state index is 12.5. The molecule has 0 aliphatic heterocycles. The predicted molar refractivity (Wildman–Crippen MR) is 138 cm³/mol. The molecule has 36 heavy (non-hydrogen) atoms. The standard InChI is InChI=1S/C28H35N3O5/c1-28(2,30-17-26(34)23-10-11-25(33)24(18-32)31-23)15-20-7-4-6-19(12-20)14-27(35)29-16-21-8-5-9-22(13-21)36-3/h4-13,26,30,32-34H,14-18H2,1-3H3,(H,29,35). The van der Waals surface area contributed by atoms with Crippen LogP contribution in [0.4, 0.5) is 0 Å². The highest BCUT2D eigenvalue weighted by atomic mass is 16.5. The van der Waals surface area contributed by atoms with Gasteiger partial charge in [-0.05, 0) is 61.2 Å². The Bertz CT molecular complexity index is 1170. The van der Waals surface area contributed by atoms with Gasteiger partial charge in [0.2, 0.25) is 5.91 Å². The van der Waals surface area contributed by atoms with Crippen molar-refractivity contribution in [2.75, 3.05) is 13.7 Å². The van der Waals surface area contributed by atoms with Crippen LogP contribution in [0.2, 0.25) is 0 Å². The Morgan fingerprint density at radius 1 is 1.06 bits per heavy atom. The lowest BCUT2D eigenvalue weighted by atomic mass is 9.93. The number of aliphatic hydroxyl groups is 2. The molecule has 3 aromatic rings. The number of ether oxygens (including phenoxy) is 1. The summed E-state index contributed by atoms with van der Waals surface area (Å²) in [5.41, 5.74) is 3.14. The Morgan fingerprint density at radius 2 is 1.78 bits per heavy atom. The second-order valence-electron chi connectivity index (χ2n) is 9.44. The Morgan fingerprint density at radius 3 is 2.53 bits per heavy atom. The molecule has 2 aromatic carbocycles. The SMILES string of the molecule is COc1cccc(CNC(=O)Cc2cccc(CC(C)(C)NCC(O)c3ccc(O)c(CO)n3)c2)c1. The fourth-order valence-corrected chi connectivity index (χ4v) is 3.94. The number of carbonyl (C=O) groups excluding carboxylic acids is 1. The van der Waals surface area contributed by atoms with Crippen LogP contribution in [0.3, 0.4) is 0 Å². The number of carbonyl (C=O) groups is 1. The molecule has 1 aromatic heterocycles. The number of pyridine rings is 1. The van der Waals surface area contributed by atoms with Gasteiger partial charge in [-0.25, -0.2) is 4.98 Å². The van der Waals surface area contributed by atoms with E-state index in [2.05, 4.69) is 15.6 Å². The third-order valence-electron chi connectivity index (χ3n) is 5.86. The van der Waals surface area contributed by atoms with Crippen molar-refractivity contribution in [2.45, 2.75) is 51.5 Å². The van der Waals surface area contributed by atoms with E-state index in [0.29, 0.717) is 18.7 Å². The van der Waals surface area contributed by atoms with Crippen molar-refractivity contribution in [1.82, 2.24) is 15.6 Å². The molecule has 0 saturated heterocycles. The largest absolute Gasteiger partial charge is 0.506 e. The Balaban J connectivity index is 1.52. The Labute approximate surface area is 212 Å². The van der Waals surface area contributed by atoms with Gasteiger partial charge >= 0.3 is 0 Å². The van der Waals surface area contributed by atoms with E-state index in [4.69, 9.17) is 4.74 Å². The first-order valence-corrected chi connectivity index (χ1v) is 11.9. The van der Waals surface area contributed by atoms with Crippen molar-refractivity contribution < 1.29 is 24.9 Å². The van der Waals surface area contributed by atoms with Crippen molar-refractivity contribution in [2.24, 2.45) is 0 Å². The highest BCUT2D eigenvalue weighted by molar-refractivity contribution is 5.78. The molecule has 0 saturated carbocycles. The van der Waals surface area contributed by atoms with E-state index in [9.17, 15) is 20.1 Å². The summed E-state index contributed by atoms with van der Waals surface area (Å²) in [4.78, 5) is 16.6. The van der Waals surface area contributed by atoms with Gasteiger partial charge in [0.1, 0.15) is 23.3 Å². The van der Waals surface area contributed by atoms with Crippen molar-refractivity contribution in [3.63, 3.8) is 0 Å². The monoisotopic (exact) mass is 493 g/mol. The van der Waals surface area contributed by atoms with Crippen LogP contribution in [-0.4, -0.2) is 45.4 Å². The molecule has 0 aliphatic carbocycles. The minimum Gasteiger partial charge on any atom is -0.506 e. The van der Waals surface area contributed by atoms with Gasteiger partial charge in [-0.3, -0.25) is 4.79 Å². The van der Waals surface area contributed by atoms with Crippen molar-refractivity contribution >= 4 is 5.91 Å². The van der Waals surface area contributed by atoms with Gasteiger partial charge in [0.05, 0.1) is 25.8 Å². The van der Waals surface area contributed by atoms with Crippen LogP contribution >= 0.6 is 0 Å². The van der Waals surface area contributed by atoms with Gasteiger partial charge in [-0.2, -0.15) is 0 Å². The minimum atomic E-state index is -0.894. The molecule has 0 aliphatic rings. The fraction of sp³-hybridized carbons (Fsp3) is 0.357. The summed E-state index contributed by atoms with van der Waals surface area (Å²) in [6, 6.07) is 18.5. The van der Waals surface area contributed by atoms with Crippen LogP contribution in [0.1, 0.15) is 48.0 Å². The average Bonchev–Trinajstić information content (AvgIpc) is 2.86. The van der Waals surface area contributed by atoms with Crippen molar-refractivity contribution in [3.05, 3.63) is 88.7 Å². The normalized spacial score (nSPS) is 12.2. The van der Waals surface area contributed by atoms with Gasteiger partial charge in [0.15, 0.2) is 0 Å². The van der Waals surface area contributed by atoms with Gasteiger partial charge in [-0.1, -0.05) is 36.4 Å². The summed E-state index contributed by atoms with van der Waals surface area (Å²) in [5, 5.41) is 35.8. The minimum absolute atomic E-state index is 0.0564. The molecule has 192 valence electrons. The van der Waals surface area contributed by atoms with Crippen LogP contribution in [0.25, 0.3) is 0 Å². The van der Waals surface area contributed by atoms with Crippen LogP contribution in [0.5, 0.6) is 11.5 Å². The van der Waals surface area contributed by atoms with Crippen molar-refractivity contribution in [3.8, 4) is 11.5 Å². The molecule has 0 spiro atoms. The summed E-state index contributed by atoms with van der Waals surface area (Å²) in [6.45, 7) is 4.36. The molecule has 0 radical (unpaired) electrons. The Kier molecular flexibility index (Phi) is 9.41. The molecular formula is C28H35N3O5. The second-order valence-corrected chi connectivity index (χ2v) is 9.44. The number of amides is 1. The number of nitrogens with one attached hydrogen (secondary N) is 2. The lowest BCUT2D eigenvalue weighted by Crippen LogP contribution is -2.43. The zero-order chi connectivity index (χ0) is 26.1. The number of methoxy groups -OCH3 is 1. The maximum Gasteiger partial charge on any atom is 0.224 e. The topological polar surface area (TPSA) is 124 Å². The van der Waals surface area contributed by atoms with Crippen LogP contribution < -0.4 is 15.4 Å². The second kappa shape index (κ2) is 12.5. The van der Waals surface area contributed by atoms with Gasteiger partial charge < -0.3 is 30.7 Å². The van der Waals surface area contributed by atoms with Crippen LogP contribution in [0, 0.1) is 0 Å². The van der Waals surface area contributed by atoms with E-state index < -0.39 is 12.7 Å². The first kappa shape index (κ1) is 27.1. The number of aliphatic hydroxyl groups excluding tert-OH is 2. The number of β-amino-alcohol motifs (C(OH)–C–C–N with tert-alkyl or cyclic N) is 1. The summed E-state index contributed by atoms with van der Waals surface area (Å²) in [5.74, 6) is 0.599. The molecular weight excluding hydrogens is 458 g/mol. The highest BCUT2D eigenvalue weighted by Crippen LogP contribution is 2.20. The zero-order valence-electron chi connectivity index (χ0n) is 21.0. The van der Waals surface area contributed by atoms with Crippen LogP contribution in [0.15, 0.2) is 60.7 Å². The number of rotatable bonds is 12. The number of aromatic nitrogens is 1. The van der Waals surface area contributed by atoms with E-state index >= 15 is 0 Å². The third kappa shape index (κ3) is 8.05. The predicted octanol–water partition coefficient (Wildman–Crippen LogP) is 2.79. The summed E-state index contributed by atoms with van der Waals surface area (Å²) in [7, 11) is 1.62. The van der Waals surface area contributed by atoms with Gasteiger partial charge in [0, 0.05) is 18.6 Å². The smallest absolute Gasteiger partial charge is 0.224 e. The molecule has 8 nitrogen and oxygen atoms in total.